The summed E-state index contributed by atoms with van der Waals surface area (Å²) in [5.41, 5.74) is -0.238. The molecular formula is C16H23N5O5. The van der Waals surface area contributed by atoms with E-state index in [1.807, 2.05) is 25.7 Å². The average Bonchev–Trinajstić information content (AvgIpc) is 2.60. The Morgan fingerprint density at radius 1 is 1.08 bits per heavy atom. The van der Waals surface area contributed by atoms with Crippen molar-refractivity contribution in [1.29, 1.82) is 0 Å². The summed E-state index contributed by atoms with van der Waals surface area (Å²) in [5.74, 6) is -1.41. The first-order chi connectivity index (χ1) is 12.2. The molecule has 1 aromatic rings. The molecule has 0 saturated carbocycles. The van der Waals surface area contributed by atoms with Crippen LogP contribution >= 0.6 is 0 Å². The number of piperazine rings is 1. The number of rotatable bonds is 2. The van der Waals surface area contributed by atoms with E-state index < -0.39 is 17.5 Å². The molecule has 10 heteroatoms. The highest BCUT2D eigenvalue weighted by Crippen LogP contribution is 2.15. The summed E-state index contributed by atoms with van der Waals surface area (Å²) < 4.78 is 9.68. The zero-order valence-electron chi connectivity index (χ0n) is 15.3. The molecule has 26 heavy (non-hydrogen) atoms. The summed E-state index contributed by atoms with van der Waals surface area (Å²) in [4.78, 5) is 46.5. The standard InChI is InChI=1S/C16H23N5O5/c1-16(2,3)26-15(24)21-7-5-20(6-8-21)14-17-9-11(10-18-14)19-12(22)13(23)25-4/h9-10H,5-8H2,1-4H3,(H,19,22). The van der Waals surface area contributed by atoms with Gasteiger partial charge < -0.3 is 24.6 Å². The van der Waals surface area contributed by atoms with Gasteiger partial charge in [-0.15, -0.1) is 0 Å². The third-order valence-electron chi connectivity index (χ3n) is 3.48. The van der Waals surface area contributed by atoms with Crippen molar-refractivity contribution >= 4 is 29.6 Å². The maximum absolute atomic E-state index is 12.1. The predicted molar refractivity (Wildman–Crippen MR) is 92.7 cm³/mol. The Labute approximate surface area is 151 Å². The van der Waals surface area contributed by atoms with Crippen molar-refractivity contribution < 1.29 is 23.9 Å². The second-order valence-corrected chi connectivity index (χ2v) is 6.67. The highest BCUT2D eigenvalue weighted by molar-refractivity contribution is 6.37. The molecule has 142 valence electrons. The van der Waals surface area contributed by atoms with E-state index in [2.05, 4.69) is 20.0 Å². The monoisotopic (exact) mass is 365 g/mol. The number of nitrogens with zero attached hydrogens (tertiary/aromatic N) is 4. The van der Waals surface area contributed by atoms with Crippen molar-refractivity contribution in [2.24, 2.45) is 0 Å². The number of carbonyl (C=O) groups excluding carboxylic acids is 3. The van der Waals surface area contributed by atoms with E-state index in [1.54, 1.807) is 4.90 Å². The number of esters is 1. The summed E-state index contributed by atoms with van der Waals surface area (Å²) in [6.07, 6.45) is 2.48. The lowest BCUT2D eigenvalue weighted by molar-refractivity contribution is -0.150. The van der Waals surface area contributed by atoms with Gasteiger partial charge in [-0.3, -0.25) is 4.79 Å². The molecule has 2 rings (SSSR count). The predicted octanol–water partition coefficient (Wildman–Crippen LogP) is 0.645. The topological polar surface area (TPSA) is 114 Å². The lowest BCUT2D eigenvalue weighted by Crippen LogP contribution is -2.50. The van der Waals surface area contributed by atoms with Crippen LogP contribution in [0, 0.1) is 0 Å². The first-order valence-electron chi connectivity index (χ1n) is 8.14. The van der Waals surface area contributed by atoms with Crippen molar-refractivity contribution in [1.82, 2.24) is 14.9 Å². The molecular weight excluding hydrogens is 342 g/mol. The summed E-state index contributed by atoms with van der Waals surface area (Å²) >= 11 is 0. The molecule has 0 bridgehead atoms. The maximum atomic E-state index is 12.1. The molecule has 1 N–H and O–H groups in total. The Bertz CT molecular complexity index is 663. The fourth-order valence-corrected chi connectivity index (χ4v) is 2.24. The van der Waals surface area contributed by atoms with Gasteiger partial charge >= 0.3 is 18.0 Å². The zero-order valence-corrected chi connectivity index (χ0v) is 15.3. The van der Waals surface area contributed by atoms with Crippen molar-refractivity contribution in [2.45, 2.75) is 26.4 Å². The first kappa shape index (κ1) is 19.4. The number of nitrogens with one attached hydrogen (secondary N) is 1. The number of hydrogen-bond acceptors (Lipinski definition) is 8. The van der Waals surface area contributed by atoms with Gasteiger partial charge in [-0.1, -0.05) is 0 Å². The Morgan fingerprint density at radius 3 is 2.15 bits per heavy atom. The number of hydrogen-bond donors (Lipinski definition) is 1. The number of anilines is 2. The smallest absolute Gasteiger partial charge is 0.410 e. The minimum absolute atomic E-state index is 0.288. The number of carbonyl (C=O) groups is 3. The van der Waals surface area contributed by atoms with E-state index in [0.717, 1.165) is 7.11 Å². The summed E-state index contributed by atoms with van der Waals surface area (Å²) in [5, 5.41) is 2.34. The van der Waals surface area contributed by atoms with E-state index >= 15 is 0 Å². The van der Waals surface area contributed by atoms with Gasteiger partial charge in [-0.05, 0) is 20.8 Å². The number of ether oxygens (including phenoxy) is 2. The molecule has 0 unspecified atom stereocenters. The van der Waals surface area contributed by atoms with Gasteiger partial charge in [0.1, 0.15) is 5.60 Å². The van der Waals surface area contributed by atoms with E-state index in [0.29, 0.717) is 32.1 Å². The molecule has 1 aromatic heterocycles. The zero-order chi connectivity index (χ0) is 19.3. The molecule has 1 saturated heterocycles. The van der Waals surface area contributed by atoms with Gasteiger partial charge in [0, 0.05) is 26.2 Å². The van der Waals surface area contributed by atoms with Crippen LogP contribution in [0.25, 0.3) is 0 Å². The van der Waals surface area contributed by atoms with Crippen LogP contribution in [0.2, 0.25) is 0 Å². The average molecular weight is 365 g/mol. The largest absolute Gasteiger partial charge is 0.462 e. The third-order valence-corrected chi connectivity index (χ3v) is 3.48. The maximum Gasteiger partial charge on any atom is 0.410 e. The van der Waals surface area contributed by atoms with Gasteiger partial charge in [-0.25, -0.2) is 19.6 Å². The lowest BCUT2D eigenvalue weighted by atomic mass is 10.2. The van der Waals surface area contributed by atoms with Crippen LogP contribution < -0.4 is 10.2 Å². The van der Waals surface area contributed by atoms with E-state index in [1.165, 1.54) is 12.4 Å². The molecule has 0 aromatic carbocycles. The van der Waals surface area contributed by atoms with E-state index in [-0.39, 0.29) is 11.8 Å². The molecule has 0 aliphatic carbocycles. The van der Waals surface area contributed by atoms with Gasteiger partial charge in [0.25, 0.3) is 0 Å². The Balaban J connectivity index is 1.88. The molecule has 1 aliphatic heterocycles. The normalized spacial score (nSPS) is 14.6. The molecule has 0 radical (unpaired) electrons. The summed E-state index contributed by atoms with van der Waals surface area (Å²) in [7, 11) is 1.12. The third kappa shape index (κ3) is 5.30. The molecule has 0 spiro atoms. The Kier molecular flexibility index (Phi) is 5.96. The molecule has 10 nitrogen and oxygen atoms in total. The van der Waals surface area contributed by atoms with Crippen molar-refractivity contribution in [2.75, 3.05) is 43.5 Å². The van der Waals surface area contributed by atoms with Crippen LogP contribution in [-0.2, 0) is 19.1 Å². The fraction of sp³-hybridized carbons (Fsp3) is 0.562. The highest BCUT2D eigenvalue weighted by atomic mass is 16.6. The quantitative estimate of drug-likeness (QED) is 0.600. The van der Waals surface area contributed by atoms with Crippen molar-refractivity contribution in [3.05, 3.63) is 12.4 Å². The highest BCUT2D eigenvalue weighted by Gasteiger charge is 2.26. The van der Waals surface area contributed by atoms with Crippen molar-refractivity contribution in [3.8, 4) is 0 Å². The van der Waals surface area contributed by atoms with Gasteiger partial charge in [0.05, 0.1) is 25.2 Å². The SMILES string of the molecule is COC(=O)C(=O)Nc1cnc(N2CCN(C(=O)OC(C)(C)C)CC2)nc1. The molecule has 1 fully saturated rings. The fourth-order valence-electron chi connectivity index (χ4n) is 2.24. The van der Waals surface area contributed by atoms with Gasteiger partial charge in [0.15, 0.2) is 0 Å². The van der Waals surface area contributed by atoms with Crippen LogP contribution in [0.4, 0.5) is 16.4 Å². The first-order valence-corrected chi connectivity index (χ1v) is 8.14. The molecule has 0 atom stereocenters. The van der Waals surface area contributed by atoms with Gasteiger partial charge in [-0.2, -0.15) is 0 Å². The van der Waals surface area contributed by atoms with E-state index in [9.17, 15) is 14.4 Å². The van der Waals surface area contributed by atoms with Crippen LogP contribution in [0.3, 0.4) is 0 Å². The van der Waals surface area contributed by atoms with E-state index in [4.69, 9.17) is 4.74 Å². The number of amides is 2. The Morgan fingerprint density at radius 2 is 1.65 bits per heavy atom. The van der Waals surface area contributed by atoms with Crippen LogP contribution in [0.5, 0.6) is 0 Å². The van der Waals surface area contributed by atoms with Crippen LogP contribution in [0.15, 0.2) is 12.4 Å². The minimum atomic E-state index is -0.993. The number of methoxy groups -OCH3 is 1. The van der Waals surface area contributed by atoms with Crippen LogP contribution in [-0.4, -0.2) is 71.7 Å². The van der Waals surface area contributed by atoms with Crippen molar-refractivity contribution in [3.63, 3.8) is 0 Å². The summed E-state index contributed by atoms with van der Waals surface area (Å²) in [6.45, 7) is 7.61. The Hall–Kier alpha value is -2.91. The second kappa shape index (κ2) is 7.98. The minimum Gasteiger partial charge on any atom is -0.462 e. The molecule has 1 aliphatic rings. The molecule has 2 amide bonds. The summed E-state index contributed by atoms with van der Waals surface area (Å²) in [6, 6.07) is 0. The second-order valence-electron chi connectivity index (χ2n) is 6.67. The van der Waals surface area contributed by atoms with Crippen LogP contribution in [0.1, 0.15) is 20.8 Å². The number of aromatic nitrogens is 2. The lowest BCUT2D eigenvalue weighted by Gasteiger charge is -2.35. The van der Waals surface area contributed by atoms with Gasteiger partial charge in [0.2, 0.25) is 5.95 Å². The molecule has 2 heterocycles.